The highest BCUT2D eigenvalue weighted by atomic mass is 127. The van der Waals surface area contributed by atoms with Crippen molar-refractivity contribution < 1.29 is 0 Å². The maximum Gasteiger partial charge on any atom is 0.188 e. The van der Waals surface area contributed by atoms with Crippen LogP contribution in [-0.2, 0) is 6.54 Å². The first-order chi connectivity index (χ1) is 9.24. The molecule has 0 atom stereocenters. The summed E-state index contributed by atoms with van der Waals surface area (Å²) in [6.45, 7) is 3.50. The standard InChI is InChI=1S/C14H19N5.HI/c1-10-17-12-4-2-3-5-13(12)19(10)9-8-16-14(15)18-11-6-7-11;/h2-5,11H,6-9H2,1H3,(H3,15,16,18);1H. The molecule has 1 aliphatic carbocycles. The van der Waals surface area contributed by atoms with Crippen LogP contribution in [0.1, 0.15) is 18.7 Å². The molecule has 0 bridgehead atoms. The van der Waals surface area contributed by atoms with Gasteiger partial charge in [0.2, 0.25) is 0 Å². The predicted octanol–water partition coefficient (Wildman–Crippen LogP) is 2.03. The van der Waals surface area contributed by atoms with E-state index in [4.69, 9.17) is 5.73 Å². The number of fused-ring (bicyclic) bond motifs is 1. The minimum Gasteiger partial charge on any atom is -0.370 e. The Balaban J connectivity index is 0.00000147. The summed E-state index contributed by atoms with van der Waals surface area (Å²) in [5, 5.41) is 3.19. The van der Waals surface area contributed by atoms with Crippen molar-refractivity contribution in [1.29, 1.82) is 0 Å². The molecule has 1 aromatic carbocycles. The molecule has 1 fully saturated rings. The number of aryl methyl sites for hydroxylation is 1. The number of benzene rings is 1. The minimum absolute atomic E-state index is 0. The highest BCUT2D eigenvalue weighted by Crippen LogP contribution is 2.18. The smallest absolute Gasteiger partial charge is 0.188 e. The van der Waals surface area contributed by atoms with Gasteiger partial charge in [-0.2, -0.15) is 0 Å². The van der Waals surface area contributed by atoms with Crippen LogP contribution in [0, 0.1) is 6.92 Å². The third-order valence-electron chi connectivity index (χ3n) is 3.38. The van der Waals surface area contributed by atoms with Crippen LogP contribution in [-0.4, -0.2) is 28.1 Å². The lowest BCUT2D eigenvalue weighted by Crippen LogP contribution is -2.33. The molecule has 0 saturated heterocycles. The first-order valence-corrected chi connectivity index (χ1v) is 6.72. The van der Waals surface area contributed by atoms with E-state index in [2.05, 4.69) is 25.9 Å². The van der Waals surface area contributed by atoms with Gasteiger partial charge in [-0.1, -0.05) is 12.1 Å². The fourth-order valence-corrected chi connectivity index (χ4v) is 2.23. The molecule has 5 nitrogen and oxygen atoms in total. The molecule has 1 aliphatic rings. The zero-order valence-corrected chi connectivity index (χ0v) is 13.9. The first-order valence-electron chi connectivity index (χ1n) is 6.72. The molecule has 1 aromatic heterocycles. The van der Waals surface area contributed by atoms with Crippen molar-refractivity contribution in [3.63, 3.8) is 0 Å². The molecule has 2 aromatic rings. The van der Waals surface area contributed by atoms with Gasteiger partial charge in [0.15, 0.2) is 5.96 Å². The summed E-state index contributed by atoms with van der Waals surface area (Å²) in [7, 11) is 0. The predicted molar refractivity (Wildman–Crippen MR) is 92.5 cm³/mol. The second-order valence-electron chi connectivity index (χ2n) is 4.98. The zero-order valence-electron chi connectivity index (χ0n) is 11.5. The Bertz CT molecular complexity index is 615. The van der Waals surface area contributed by atoms with Crippen molar-refractivity contribution in [3.05, 3.63) is 30.1 Å². The van der Waals surface area contributed by atoms with E-state index in [1.807, 2.05) is 25.1 Å². The molecule has 1 saturated carbocycles. The van der Waals surface area contributed by atoms with Crippen molar-refractivity contribution in [1.82, 2.24) is 14.9 Å². The van der Waals surface area contributed by atoms with Gasteiger partial charge in [-0.15, -0.1) is 24.0 Å². The normalized spacial score (nSPS) is 15.2. The van der Waals surface area contributed by atoms with Crippen LogP contribution in [0.3, 0.4) is 0 Å². The average Bonchev–Trinajstić information content (AvgIpc) is 3.14. The zero-order chi connectivity index (χ0) is 13.2. The number of nitrogens with two attached hydrogens (primary N) is 1. The number of hydrogen-bond donors (Lipinski definition) is 2. The lowest BCUT2D eigenvalue weighted by Gasteiger charge is -2.06. The molecule has 0 radical (unpaired) electrons. The Kier molecular flexibility index (Phi) is 4.85. The van der Waals surface area contributed by atoms with Gasteiger partial charge in [-0.25, -0.2) is 4.98 Å². The molecule has 0 amide bonds. The molecule has 108 valence electrons. The number of aromatic nitrogens is 2. The van der Waals surface area contributed by atoms with Gasteiger partial charge in [0.1, 0.15) is 5.82 Å². The summed E-state index contributed by atoms with van der Waals surface area (Å²) in [6, 6.07) is 8.72. The Morgan fingerprint density at radius 1 is 1.45 bits per heavy atom. The lowest BCUT2D eigenvalue weighted by atomic mass is 10.3. The van der Waals surface area contributed by atoms with Crippen LogP contribution in [0.15, 0.2) is 29.3 Å². The van der Waals surface area contributed by atoms with E-state index in [1.165, 1.54) is 12.8 Å². The second kappa shape index (κ2) is 6.43. The number of rotatable bonds is 4. The van der Waals surface area contributed by atoms with Crippen molar-refractivity contribution >= 4 is 41.0 Å². The quantitative estimate of drug-likeness (QED) is 0.481. The van der Waals surface area contributed by atoms with Gasteiger partial charge in [0.25, 0.3) is 0 Å². The van der Waals surface area contributed by atoms with Crippen molar-refractivity contribution in [2.75, 3.05) is 6.54 Å². The number of guanidine groups is 1. The van der Waals surface area contributed by atoms with Crippen molar-refractivity contribution in [2.24, 2.45) is 10.7 Å². The SMILES string of the molecule is Cc1nc2ccccc2n1CCN=C(N)NC1CC1.I. The van der Waals surface area contributed by atoms with Crippen LogP contribution in [0.5, 0.6) is 0 Å². The topological polar surface area (TPSA) is 68.2 Å². The summed E-state index contributed by atoms with van der Waals surface area (Å²) in [5.41, 5.74) is 8.01. The van der Waals surface area contributed by atoms with Crippen LogP contribution in [0.25, 0.3) is 11.0 Å². The molecule has 3 N–H and O–H groups in total. The summed E-state index contributed by atoms with van der Waals surface area (Å²) in [5.74, 6) is 1.58. The highest BCUT2D eigenvalue weighted by molar-refractivity contribution is 14.0. The molecule has 0 aliphatic heterocycles. The number of aliphatic imine (C=N–C) groups is 1. The Hall–Kier alpha value is -1.31. The van der Waals surface area contributed by atoms with E-state index >= 15 is 0 Å². The van der Waals surface area contributed by atoms with Gasteiger partial charge < -0.3 is 15.6 Å². The van der Waals surface area contributed by atoms with Gasteiger partial charge >= 0.3 is 0 Å². The van der Waals surface area contributed by atoms with Crippen molar-refractivity contribution in [3.8, 4) is 0 Å². The van der Waals surface area contributed by atoms with E-state index < -0.39 is 0 Å². The summed E-state index contributed by atoms with van der Waals surface area (Å²) >= 11 is 0. The molecule has 20 heavy (non-hydrogen) atoms. The number of imidazole rings is 1. The largest absolute Gasteiger partial charge is 0.370 e. The lowest BCUT2D eigenvalue weighted by molar-refractivity contribution is 0.700. The molecular formula is C14H20IN5. The maximum atomic E-state index is 5.82. The molecule has 0 spiro atoms. The van der Waals surface area contributed by atoms with Crippen molar-refractivity contribution in [2.45, 2.75) is 32.4 Å². The molecule has 3 rings (SSSR count). The van der Waals surface area contributed by atoms with Gasteiger partial charge in [-0.3, -0.25) is 4.99 Å². The van der Waals surface area contributed by atoms with E-state index in [-0.39, 0.29) is 24.0 Å². The van der Waals surface area contributed by atoms with Crippen LogP contribution >= 0.6 is 24.0 Å². The highest BCUT2D eigenvalue weighted by Gasteiger charge is 2.21. The van der Waals surface area contributed by atoms with Gasteiger partial charge in [-0.05, 0) is 31.9 Å². The number of para-hydroxylation sites is 2. The fraction of sp³-hybridized carbons (Fsp3) is 0.429. The average molecular weight is 385 g/mol. The Morgan fingerprint density at radius 3 is 2.95 bits per heavy atom. The van der Waals surface area contributed by atoms with Crippen LogP contribution in [0.4, 0.5) is 0 Å². The van der Waals surface area contributed by atoms with Crippen LogP contribution in [0.2, 0.25) is 0 Å². The summed E-state index contributed by atoms with van der Waals surface area (Å²) < 4.78 is 2.18. The fourth-order valence-electron chi connectivity index (χ4n) is 2.23. The third-order valence-corrected chi connectivity index (χ3v) is 3.38. The molecular weight excluding hydrogens is 365 g/mol. The summed E-state index contributed by atoms with van der Waals surface area (Å²) in [6.07, 6.45) is 2.42. The maximum absolute atomic E-state index is 5.82. The van der Waals surface area contributed by atoms with E-state index in [0.717, 1.165) is 23.4 Å². The molecule has 0 unspecified atom stereocenters. The van der Waals surface area contributed by atoms with E-state index in [1.54, 1.807) is 0 Å². The first kappa shape index (κ1) is 15.1. The number of nitrogens with one attached hydrogen (secondary N) is 1. The molecule has 1 heterocycles. The second-order valence-corrected chi connectivity index (χ2v) is 4.98. The monoisotopic (exact) mass is 385 g/mol. The van der Waals surface area contributed by atoms with E-state index in [0.29, 0.717) is 18.5 Å². The summed E-state index contributed by atoms with van der Waals surface area (Å²) in [4.78, 5) is 8.90. The van der Waals surface area contributed by atoms with Gasteiger partial charge in [0, 0.05) is 12.6 Å². The van der Waals surface area contributed by atoms with Crippen LogP contribution < -0.4 is 11.1 Å². The molecule has 6 heteroatoms. The minimum atomic E-state index is 0. The number of hydrogen-bond acceptors (Lipinski definition) is 2. The van der Waals surface area contributed by atoms with Gasteiger partial charge in [0.05, 0.1) is 17.6 Å². The Morgan fingerprint density at radius 2 is 2.20 bits per heavy atom. The Labute approximate surface area is 135 Å². The number of halogens is 1. The number of nitrogens with zero attached hydrogens (tertiary/aromatic N) is 3. The van der Waals surface area contributed by atoms with E-state index in [9.17, 15) is 0 Å². The third kappa shape index (κ3) is 3.41.